The second kappa shape index (κ2) is 7.54. The van der Waals surface area contributed by atoms with E-state index in [1.807, 2.05) is 18.2 Å². The molecule has 1 N–H and O–H groups in total. The lowest BCUT2D eigenvalue weighted by molar-refractivity contribution is -0.119. The van der Waals surface area contributed by atoms with E-state index in [9.17, 15) is 4.79 Å². The molecule has 0 atom stereocenters. The number of amides is 1. The Morgan fingerprint density at radius 1 is 1.30 bits per heavy atom. The zero-order chi connectivity index (χ0) is 16.2. The molecule has 1 aromatic heterocycles. The van der Waals surface area contributed by atoms with Gasteiger partial charge in [-0.1, -0.05) is 42.5 Å². The van der Waals surface area contributed by atoms with Crippen molar-refractivity contribution in [2.75, 3.05) is 5.75 Å². The number of thioether (sulfide) groups is 1. The molecule has 122 valence electrons. The van der Waals surface area contributed by atoms with Crippen molar-refractivity contribution in [1.82, 2.24) is 10.3 Å². The first kappa shape index (κ1) is 16.6. The molecule has 3 nitrogen and oxygen atoms in total. The SMILES string of the molecule is Cc1ccc2nc(Cl)cc(SCC(=O)NC3CCCCC3)c2c1. The summed E-state index contributed by atoms with van der Waals surface area (Å²) in [4.78, 5) is 17.6. The van der Waals surface area contributed by atoms with Crippen LogP contribution in [-0.4, -0.2) is 22.7 Å². The van der Waals surface area contributed by atoms with Gasteiger partial charge in [0.15, 0.2) is 0 Å². The lowest BCUT2D eigenvalue weighted by Crippen LogP contribution is -2.37. The number of aryl methyl sites for hydroxylation is 1. The van der Waals surface area contributed by atoms with E-state index in [1.165, 1.54) is 36.6 Å². The van der Waals surface area contributed by atoms with E-state index < -0.39 is 0 Å². The molecule has 3 rings (SSSR count). The van der Waals surface area contributed by atoms with Crippen LogP contribution in [0, 0.1) is 6.92 Å². The van der Waals surface area contributed by atoms with Gasteiger partial charge in [-0.05, 0) is 38.0 Å². The third-order valence-electron chi connectivity index (χ3n) is 4.22. The molecule has 2 aromatic rings. The number of nitrogens with zero attached hydrogens (tertiary/aromatic N) is 1. The molecule has 1 aliphatic carbocycles. The highest BCUT2D eigenvalue weighted by atomic mass is 35.5. The van der Waals surface area contributed by atoms with Gasteiger partial charge >= 0.3 is 0 Å². The monoisotopic (exact) mass is 348 g/mol. The minimum atomic E-state index is 0.107. The Labute approximate surface area is 146 Å². The molecule has 1 amide bonds. The van der Waals surface area contributed by atoms with Gasteiger partial charge in [-0.2, -0.15) is 0 Å². The van der Waals surface area contributed by atoms with Crippen LogP contribution >= 0.6 is 23.4 Å². The van der Waals surface area contributed by atoms with Gasteiger partial charge in [-0.25, -0.2) is 4.98 Å². The standard InChI is InChI=1S/C18H21ClN2OS/c1-12-7-8-15-14(9-12)16(10-17(19)21-15)23-11-18(22)20-13-5-3-2-4-6-13/h7-10,13H,2-6,11H2,1H3,(H,20,22). The molecule has 1 fully saturated rings. The Hall–Kier alpha value is -1.26. The van der Waals surface area contributed by atoms with Crippen LogP contribution in [-0.2, 0) is 4.79 Å². The Morgan fingerprint density at radius 3 is 2.87 bits per heavy atom. The predicted octanol–water partition coefficient (Wildman–Crippen LogP) is 4.74. The smallest absolute Gasteiger partial charge is 0.230 e. The van der Waals surface area contributed by atoms with Crippen LogP contribution in [0.2, 0.25) is 5.15 Å². The van der Waals surface area contributed by atoms with Gasteiger partial charge in [0.05, 0.1) is 11.3 Å². The Bertz CT molecular complexity index is 713. The second-order valence-electron chi connectivity index (χ2n) is 6.15. The molecule has 1 heterocycles. The number of fused-ring (bicyclic) bond motifs is 1. The number of benzene rings is 1. The maximum atomic E-state index is 12.2. The topological polar surface area (TPSA) is 42.0 Å². The average Bonchev–Trinajstić information content (AvgIpc) is 2.54. The number of nitrogens with one attached hydrogen (secondary N) is 1. The number of carbonyl (C=O) groups excluding carboxylic acids is 1. The molecular formula is C18H21ClN2OS. The van der Waals surface area contributed by atoms with E-state index >= 15 is 0 Å². The zero-order valence-electron chi connectivity index (χ0n) is 13.3. The summed E-state index contributed by atoms with van der Waals surface area (Å²) in [6, 6.07) is 8.30. The van der Waals surface area contributed by atoms with Crippen molar-refractivity contribution in [2.45, 2.75) is 50.0 Å². The summed E-state index contributed by atoms with van der Waals surface area (Å²) in [5.41, 5.74) is 2.05. The van der Waals surface area contributed by atoms with Gasteiger partial charge in [-0.15, -0.1) is 11.8 Å². The first-order chi connectivity index (χ1) is 11.1. The number of pyridine rings is 1. The predicted molar refractivity (Wildman–Crippen MR) is 97.2 cm³/mol. The maximum absolute atomic E-state index is 12.2. The van der Waals surface area contributed by atoms with E-state index in [0.717, 1.165) is 28.6 Å². The van der Waals surface area contributed by atoms with Crippen LogP contribution in [0.4, 0.5) is 0 Å². The summed E-state index contributed by atoms with van der Waals surface area (Å²) in [5, 5.41) is 4.68. The lowest BCUT2D eigenvalue weighted by Gasteiger charge is -2.22. The molecule has 5 heteroatoms. The summed E-state index contributed by atoms with van der Waals surface area (Å²) in [5.74, 6) is 0.524. The summed E-state index contributed by atoms with van der Waals surface area (Å²) in [7, 11) is 0. The van der Waals surface area contributed by atoms with Crippen molar-refractivity contribution in [2.24, 2.45) is 0 Å². The first-order valence-corrected chi connectivity index (χ1v) is 9.47. The normalized spacial score (nSPS) is 15.7. The summed E-state index contributed by atoms with van der Waals surface area (Å²) in [6.45, 7) is 2.05. The highest BCUT2D eigenvalue weighted by Gasteiger charge is 2.16. The number of hydrogen-bond donors (Lipinski definition) is 1. The van der Waals surface area contributed by atoms with Gasteiger partial charge < -0.3 is 5.32 Å². The van der Waals surface area contributed by atoms with Crippen molar-refractivity contribution in [3.63, 3.8) is 0 Å². The molecule has 23 heavy (non-hydrogen) atoms. The van der Waals surface area contributed by atoms with Crippen LogP contribution in [0.3, 0.4) is 0 Å². The molecule has 1 aromatic carbocycles. The number of rotatable bonds is 4. The maximum Gasteiger partial charge on any atom is 0.230 e. The zero-order valence-corrected chi connectivity index (χ0v) is 14.8. The van der Waals surface area contributed by atoms with Crippen molar-refractivity contribution in [1.29, 1.82) is 0 Å². The molecule has 0 unspecified atom stereocenters. The van der Waals surface area contributed by atoms with Crippen molar-refractivity contribution in [3.05, 3.63) is 35.0 Å². The third kappa shape index (κ3) is 4.39. The molecule has 0 radical (unpaired) electrons. The second-order valence-corrected chi connectivity index (χ2v) is 7.56. The Kier molecular flexibility index (Phi) is 5.44. The Balaban J connectivity index is 1.68. The van der Waals surface area contributed by atoms with Gasteiger partial charge in [0, 0.05) is 16.3 Å². The van der Waals surface area contributed by atoms with E-state index in [-0.39, 0.29) is 5.91 Å². The highest BCUT2D eigenvalue weighted by molar-refractivity contribution is 8.00. The van der Waals surface area contributed by atoms with Crippen LogP contribution < -0.4 is 5.32 Å². The van der Waals surface area contributed by atoms with Crippen molar-refractivity contribution >= 4 is 40.2 Å². The van der Waals surface area contributed by atoms with Crippen LogP contribution in [0.1, 0.15) is 37.7 Å². The molecule has 0 spiro atoms. The van der Waals surface area contributed by atoms with E-state index in [1.54, 1.807) is 0 Å². The van der Waals surface area contributed by atoms with E-state index in [2.05, 4.69) is 23.3 Å². The summed E-state index contributed by atoms with van der Waals surface area (Å²) in [6.07, 6.45) is 5.96. The van der Waals surface area contributed by atoms with Gasteiger partial charge in [0.1, 0.15) is 5.15 Å². The minimum absolute atomic E-state index is 0.107. The molecule has 1 saturated carbocycles. The molecule has 0 bridgehead atoms. The van der Waals surface area contributed by atoms with E-state index in [0.29, 0.717) is 16.9 Å². The van der Waals surface area contributed by atoms with Crippen LogP contribution in [0.15, 0.2) is 29.2 Å². The van der Waals surface area contributed by atoms with Crippen LogP contribution in [0.25, 0.3) is 10.9 Å². The first-order valence-electron chi connectivity index (χ1n) is 8.11. The number of hydrogen-bond acceptors (Lipinski definition) is 3. The fourth-order valence-corrected chi connectivity index (χ4v) is 4.21. The van der Waals surface area contributed by atoms with Gasteiger partial charge in [0.2, 0.25) is 5.91 Å². The highest BCUT2D eigenvalue weighted by Crippen LogP contribution is 2.30. The molecular weight excluding hydrogens is 328 g/mol. The molecule has 0 aliphatic heterocycles. The number of carbonyl (C=O) groups is 1. The summed E-state index contributed by atoms with van der Waals surface area (Å²) < 4.78 is 0. The summed E-state index contributed by atoms with van der Waals surface area (Å²) >= 11 is 7.64. The number of halogens is 1. The van der Waals surface area contributed by atoms with E-state index in [4.69, 9.17) is 11.6 Å². The minimum Gasteiger partial charge on any atom is -0.353 e. The number of aromatic nitrogens is 1. The van der Waals surface area contributed by atoms with Crippen molar-refractivity contribution in [3.8, 4) is 0 Å². The fourth-order valence-electron chi connectivity index (χ4n) is 3.06. The molecule has 0 saturated heterocycles. The Morgan fingerprint density at radius 2 is 2.09 bits per heavy atom. The van der Waals surface area contributed by atoms with Gasteiger partial charge in [0.25, 0.3) is 0 Å². The third-order valence-corrected chi connectivity index (χ3v) is 5.47. The average molecular weight is 349 g/mol. The van der Waals surface area contributed by atoms with Gasteiger partial charge in [-0.3, -0.25) is 4.79 Å². The molecule has 1 aliphatic rings. The fraction of sp³-hybridized carbons (Fsp3) is 0.444. The van der Waals surface area contributed by atoms with Crippen molar-refractivity contribution < 1.29 is 4.79 Å². The largest absolute Gasteiger partial charge is 0.353 e. The quantitative estimate of drug-likeness (QED) is 0.641. The van der Waals surface area contributed by atoms with Crippen LogP contribution in [0.5, 0.6) is 0 Å². The lowest BCUT2D eigenvalue weighted by atomic mass is 9.95.